The zero-order chi connectivity index (χ0) is 15.2. The van der Waals surface area contributed by atoms with Crippen LogP contribution in [0.5, 0.6) is 0 Å². The molecular formula is C16H14Cl2N2O. The minimum Gasteiger partial charge on any atom is -0.326 e. The van der Waals surface area contributed by atoms with Crippen molar-refractivity contribution in [1.29, 1.82) is 0 Å². The lowest BCUT2D eigenvalue weighted by Crippen LogP contribution is -2.08. The van der Waals surface area contributed by atoms with Gasteiger partial charge in [0, 0.05) is 23.9 Å². The quantitative estimate of drug-likeness (QED) is 0.783. The maximum Gasteiger partial charge on any atom is 0.224 e. The molecule has 1 N–H and O–H groups in total. The summed E-state index contributed by atoms with van der Waals surface area (Å²) in [7, 11) is 0. The molecule has 0 heterocycles. The summed E-state index contributed by atoms with van der Waals surface area (Å²) >= 11 is 12.1. The monoisotopic (exact) mass is 320 g/mol. The Hall–Kier alpha value is -1.84. The third-order valence-electron chi connectivity index (χ3n) is 2.81. The number of hydrogen-bond acceptors (Lipinski definition) is 2. The minimum atomic E-state index is -0.0194. The van der Waals surface area contributed by atoms with Gasteiger partial charge in [0.1, 0.15) is 0 Å². The van der Waals surface area contributed by atoms with Crippen molar-refractivity contribution in [3.63, 3.8) is 0 Å². The van der Waals surface area contributed by atoms with E-state index in [9.17, 15) is 4.79 Å². The van der Waals surface area contributed by atoms with Crippen LogP contribution in [-0.2, 0) is 4.79 Å². The Morgan fingerprint density at radius 2 is 1.76 bits per heavy atom. The molecule has 0 fully saturated rings. The van der Waals surface area contributed by atoms with Crippen LogP contribution in [0.1, 0.15) is 18.9 Å². The van der Waals surface area contributed by atoms with E-state index in [4.69, 9.17) is 23.2 Å². The third-order valence-corrected chi connectivity index (χ3v) is 3.47. The molecule has 5 heteroatoms. The molecule has 0 saturated carbocycles. The molecule has 108 valence electrons. The molecule has 0 aliphatic heterocycles. The number of benzene rings is 2. The second kappa shape index (κ2) is 7.25. The lowest BCUT2D eigenvalue weighted by molar-refractivity contribution is -0.115. The van der Waals surface area contributed by atoms with E-state index < -0.39 is 0 Å². The van der Waals surface area contributed by atoms with E-state index in [1.165, 1.54) is 0 Å². The second-order valence-electron chi connectivity index (χ2n) is 4.34. The van der Waals surface area contributed by atoms with Crippen molar-refractivity contribution in [3.8, 4) is 0 Å². The maximum atomic E-state index is 11.3. The first kappa shape index (κ1) is 15.5. The molecule has 3 nitrogen and oxygen atoms in total. The fraction of sp³-hybridized carbons (Fsp3) is 0.125. The van der Waals surface area contributed by atoms with Crippen molar-refractivity contribution in [2.75, 3.05) is 5.32 Å². The van der Waals surface area contributed by atoms with Gasteiger partial charge in [-0.25, -0.2) is 0 Å². The van der Waals surface area contributed by atoms with E-state index >= 15 is 0 Å². The van der Waals surface area contributed by atoms with E-state index in [1.54, 1.807) is 43.5 Å². The summed E-state index contributed by atoms with van der Waals surface area (Å²) in [5.41, 5.74) is 2.18. The van der Waals surface area contributed by atoms with Gasteiger partial charge in [-0.15, -0.1) is 0 Å². The van der Waals surface area contributed by atoms with Crippen molar-refractivity contribution in [1.82, 2.24) is 0 Å². The molecule has 2 aromatic rings. The predicted molar refractivity (Wildman–Crippen MR) is 89.1 cm³/mol. The zero-order valence-electron chi connectivity index (χ0n) is 11.4. The highest BCUT2D eigenvalue weighted by Gasteiger charge is 2.02. The van der Waals surface area contributed by atoms with Gasteiger partial charge in [0.05, 0.1) is 15.7 Å². The Bertz CT molecular complexity index is 646. The number of nitrogens with one attached hydrogen (secondary N) is 1. The lowest BCUT2D eigenvalue weighted by Gasteiger charge is -2.03. The van der Waals surface area contributed by atoms with Gasteiger partial charge in [0.25, 0.3) is 0 Å². The Balaban J connectivity index is 2.13. The third kappa shape index (κ3) is 4.31. The van der Waals surface area contributed by atoms with Gasteiger partial charge in [0.2, 0.25) is 5.91 Å². The molecule has 0 aliphatic carbocycles. The molecule has 0 spiro atoms. The van der Waals surface area contributed by atoms with Gasteiger partial charge >= 0.3 is 0 Å². The van der Waals surface area contributed by atoms with Gasteiger partial charge in [-0.3, -0.25) is 9.79 Å². The molecule has 0 unspecified atom stereocenters. The number of amides is 1. The topological polar surface area (TPSA) is 41.5 Å². The molecule has 0 bridgehead atoms. The number of carbonyl (C=O) groups is 1. The summed E-state index contributed by atoms with van der Waals surface area (Å²) in [5.74, 6) is -0.0194. The fourth-order valence-electron chi connectivity index (χ4n) is 1.65. The maximum absolute atomic E-state index is 11.3. The first-order valence-electron chi connectivity index (χ1n) is 6.48. The number of hydrogen-bond donors (Lipinski definition) is 1. The van der Waals surface area contributed by atoms with E-state index in [-0.39, 0.29) is 5.91 Å². The number of carbonyl (C=O) groups excluding carboxylic acids is 1. The van der Waals surface area contributed by atoms with E-state index in [2.05, 4.69) is 10.3 Å². The van der Waals surface area contributed by atoms with Crippen LogP contribution in [-0.4, -0.2) is 12.1 Å². The highest BCUT2D eigenvalue weighted by Crippen LogP contribution is 2.23. The van der Waals surface area contributed by atoms with E-state index in [0.717, 1.165) is 11.4 Å². The number of rotatable bonds is 4. The SMILES string of the molecule is CCC(=O)Nc1ccc(N=Cc2c(Cl)cccc2Cl)cc1. The molecule has 0 aromatic heterocycles. The van der Waals surface area contributed by atoms with Crippen molar-refractivity contribution >= 4 is 46.7 Å². The van der Waals surface area contributed by atoms with Crippen molar-refractivity contribution < 1.29 is 4.79 Å². The number of nitrogens with zero attached hydrogens (tertiary/aromatic N) is 1. The molecule has 2 aromatic carbocycles. The smallest absolute Gasteiger partial charge is 0.224 e. The summed E-state index contributed by atoms with van der Waals surface area (Å²) < 4.78 is 0. The Labute approximate surface area is 133 Å². The number of anilines is 1. The van der Waals surface area contributed by atoms with Gasteiger partial charge in [-0.1, -0.05) is 36.2 Å². The van der Waals surface area contributed by atoms with Crippen LogP contribution in [0.15, 0.2) is 47.5 Å². The predicted octanol–water partition coefficient (Wildman–Crippen LogP) is 5.09. The Kier molecular flexibility index (Phi) is 5.37. The molecule has 2 rings (SSSR count). The fourth-order valence-corrected chi connectivity index (χ4v) is 2.15. The molecule has 0 saturated heterocycles. The van der Waals surface area contributed by atoms with Crippen LogP contribution in [0, 0.1) is 0 Å². The standard InChI is InChI=1S/C16H14Cl2N2O/c1-2-16(21)20-12-8-6-11(7-9-12)19-10-13-14(17)4-3-5-15(13)18/h3-10H,2H2,1H3,(H,20,21). The first-order chi connectivity index (χ1) is 10.1. The lowest BCUT2D eigenvalue weighted by atomic mass is 10.2. The summed E-state index contributed by atoms with van der Waals surface area (Å²) in [5, 5.41) is 3.89. The summed E-state index contributed by atoms with van der Waals surface area (Å²) in [4.78, 5) is 15.6. The molecule has 21 heavy (non-hydrogen) atoms. The molecule has 0 radical (unpaired) electrons. The van der Waals surface area contributed by atoms with Crippen LogP contribution < -0.4 is 5.32 Å². The highest BCUT2D eigenvalue weighted by atomic mass is 35.5. The Morgan fingerprint density at radius 3 is 2.33 bits per heavy atom. The average molecular weight is 321 g/mol. The largest absolute Gasteiger partial charge is 0.326 e. The number of aliphatic imine (C=N–C) groups is 1. The summed E-state index contributed by atoms with van der Waals surface area (Å²) in [6, 6.07) is 12.5. The van der Waals surface area contributed by atoms with Crippen molar-refractivity contribution in [2.45, 2.75) is 13.3 Å². The van der Waals surface area contributed by atoms with Crippen LogP contribution in [0.2, 0.25) is 10.0 Å². The Morgan fingerprint density at radius 1 is 1.14 bits per heavy atom. The van der Waals surface area contributed by atoms with Crippen LogP contribution >= 0.6 is 23.2 Å². The van der Waals surface area contributed by atoms with Crippen LogP contribution in [0.25, 0.3) is 0 Å². The first-order valence-corrected chi connectivity index (χ1v) is 7.23. The minimum absolute atomic E-state index is 0.0194. The van der Waals surface area contributed by atoms with Gasteiger partial charge in [-0.2, -0.15) is 0 Å². The molecule has 1 amide bonds. The molecule has 0 aliphatic rings. The number of halogens is 2. The zero-order valence-corrected chi connectivity index (χ0v) is 12.9. The normalized spacial score (nSPS) is 10.8. The van der Waals surface area contributed by atoms with Gasteiger partial charge in [-0.05, 0) is 36.4 Å². The van der Waals surface area contributed by atoms with Gasteiger partial charge < -0.3 is 5.32 Å². The summed E-state index contributed by atoms with van der Waals surface area (Å²) in [6.07, 6.45) is 2.08. The second-order valence-corrected chi connectivity index (χ2v) is 5.16. The van der Waals surface area contributed by atoms with Crippen LogP contribution in [0.4, 0.5) is 11.4 Å². The van der Waals surface area contributed by atoms with E-state index in [0.29, 0.717) is 22.0 Å². The van der Waals surface area contributed by atoms with Crippen LogP contribution in [0.3, 0.4) is 0 Å². The highest BCUT2D eigenvalue weighted by molar-refractivity contribution is 6.38. The molecule has 0 atom stereocenters. The average Bonchev–Trinajstić information content (AvgIpc) is 2.48. The van der Waals surface area contributed by atoms with E-state index in [1.807, 2.05) is 12.1 Å². The van der Waals surface area contributed by atoms with Crippen molar-refractivity contribution in [2.24, 2.45) is 4.99 Å². The van der Waals surface area contributed by atoms with Crippen molar-refractivity contribution in [3.05, 3.63) is 58.1 Å². The summed E-state index contributed by atoms with van der Waals surface area (Å²) in [6.45, 7) is 1.81. The van der Waals surface area contributed by atoms with Gasteiger partial charge in [0.15, 0.2) is 0 Å². The molecular weight excluding hydrogens is 307 g/mol.